The van der Waals surface area contributed by atoms with Crippen molar-refractivity contribution in [1.82, 2.24) is 0 Å². The summed E-state index contributed by atoms with van der Waals surface area (Å²) in [6, 6.07) is 0. The molecule has 6 heteroatoms. The van der Waals surface area contributed by atoms with Crippen LogP contribution in [-0.2, 0) is 13.6 Å². The fourth-order valence-corrected chi connectivity index (χ4v) is 9.75. The molecule has 216 valence electrons. The molecule has 0 saturated heterocycles. The molecule has 3 aliphatic carbocycles. The summed E-state index contributed by atoms with van der Waals surface area (Å²) in [5.74, 6) is 1.22. The highest BCUT2D eigenvalue weighted by atomic mass is 28.4. The topological polar surface area (TPSA) is 55.8 Å². The largest absolute Gasteiger partial charge is 0.417 e. The van der Waals surface area contributed by atoms with Gasteiger partial charge in [0.25, 0.3) is 0 Å². The second-order valence-corrected chi connectivity index (χ2v) is 26.1. The van der Waals surface area contributed by atoms with Gasteiger partial charge in [-0.1, -0.05) is 55.4 Å². The third kappa shape index (κ3) is 6.03. The molecule has 3 aliphatic rings. The number of carbonyl (C=O) groups is 1. The smallest absolute Gasteiger partial charge is 0.192 e. The molecule has 3 rings (SSSR count). The molecule has 37 heavy (non-hydrogen) atoms. The Morgan fingerprint density at radius 2 is 1.49 bits per heavy atom. The average Bonchev–Trinajstić information content (AvgIpc) is 3.04. The van der Waals surface area contributed by atoms with Crippen LogP contribution in [0.25, 0.3) is 0 Å². The highest BCUT2D eigenvalue weighted by Crippen LogP contribution is 2.60. The molecule has 1 N–H and O–H groups in total. The predicted octanol–water partition coefficient (Wildman–Crippen LogP) is 8.35. The Bertz CT molecular complexity index is 826. The molecule has 0 heterocycles. The molecule has 0 bridgehead atoms. The van der Waals surface area contributed by atoms with Gasteiger partial charge in [-0.3, -0.25) is 4.79 Å². The van der Waals surface area contributed by atoms with Crippen molar-refractivity contribution in [2.24, 2.45) is 28.6 Å². The fraction of sp³-hybridized carbons (Fsp3) is 0.968. The summed E-state index contributed by atoms with van der Waals surface area (Å²) in [4.78, 5) is 12.7. The molecule has 0 amide bonds. The van der Waals surface area contributed by atoms with Gasteiger partial charge < -0.3 is 14.0 Å². The van der Waals surface area contributed by atoms with Crippen molar-refractivity contribution in [3.05, 3.63) is 0 Å². The van der Waals surface area contributed by atoms with Crippen molar-refractivity contribution in [3.63, 3.8) is 0 Å². The van der Waals surface area contributed by atoms with E-state index in [1.807, 2.05) is 0 Å². The predicted molar refractivity (Wildman–Crippen MR) is 160 cm³/mol. The van der Waals surface area contributed by atoms with Crippen molar-refractivity contribution in [3.8, 4) is 0 Å². The first kappa shape index (κ1) is 31.5. The van der Waals surface area contributed by atoms with Crippen molar-refractivity contribution in [1.29, 1.82) is 0 Å². The second kappa shape index (κ2) is 10.4. The van der Waals surface area contributed by atoms with Crippen LogP contribution in [-0.4, -0.2) is 46.3 Å². The second-order valence-electron chi connectivity index (χ2n) is 16.5. The molecule has 0 aliphatic heterocycles. The molecule has 0 spiro atoms. The Hall–Kier alpha value is -0.0162. The maximum Gasteiger partial charge on any atom is 0.192 e. The van der Waals surface area contributed by atoms with Gasteiger partial charge in [0.05, 0.1) is 6.10 Å². The lowest BCUT2D eigenvalue weighted by Gasteiger charge is -2.56. The van der Waals surface area contributed by atoms with Gasteiger partial charge >= 0.3 is 0 Å². The third-order valence-corrected chi connectivity index (χ3v) is 21.3. The maximum absolute atomic E-state index is 12.7. The summed E-state index contributed by atoms with van der Waals surface area (Å²) in [6.45, 7) is 28.7. The van der Waals surface area contributed by atoms with E-state index in [-0.39, 0.29) is 38.8 Å². The Labute approximate surface area is 231 Å². The Kier molecular flexibility index (Phi) is 8.88. The van der Waals surface area contributed by atoms with Crippen molar-refractivity contribution in [2.45, 2.75) is 155 Å². The van der Waals surface area contributed by atoms with Gasteiger partial charge in [0, 0.05) is 24.5 Å². The SMILES string of the molecule is CC(C)(C)[Si](C)(C)OCC[C@H]1C[C@@H](O[Si](C)(C)C(C)(C)C)CC[C@]1(C)C1CC[C@]2(C)C(=O)CCC2[C@@H]1O. The lowest BCUT2D eigenvalue weighted by molar-refractivity contribution is -0.145. The Morgan fingerprint density at radius 3 is 2.05 bits per heavy atom. The molecule has 4 nitrogen and oxygen atoms in total. The number of Topliss-reactive ketones (excluding diaryl/α,β-unsaturated/α-hetero) is 1. The van der Waals surface area contributed by atoms with E-state index in [9.17, 15) is 9.90 Å². The number of rotatable bonds is 7. The summed E-state index contributed by atoms with van der Waals surface area (Å²) in [5.41, 5.74) is -0.258. The monoisotopic (exact) mass is 552 g/mol. The van der Waals surface area contributed by atoms with Gasteiger partial charge in [-0.05, 0) is 104 Å². The number of carbonyl (C=O) groups excluding carboxylic acids is 1. The van der Waals surface area contributed by atoms with Crippen LogP contribution in [0, 0.1) is 28.6 Å². The first-order valence-electron chi connectivity index (χ1n) is 15.2. The van der Waals surface area contributed by atoms with Crippen LogP contribution in [0.1, 0.15) is 107 Å². The fourth-order valence-electron chi connectivity index (χ4n) is 7.29. The van der Waals surface area contributed by atoms with Crippen molar-refractivity contribution < 1.29 is 18.8 Å². The summed E-state index contributed by atoms with van der Waals surface area (Å²) >= 11 is 0. The zero-order valence-corrected chi connectivity index (χ0v) is 28.4. The van der Waals surface area contributed by atoms with Gasteiger partial charge in [-0.15, -0.1) is 0 Å². The van der Waals surface area contributed by atoms with Crippen LogP contribution in [0.3, 0.4) is 0 Å². The zero-order valence-electron chi connectivity index (χ0n) is 26.4. The Balaban J connectivity index is 1.82. The normalized spacial score (nSPS) is 38.1. The van der Waals surface area contributed by atoms with E-state index in [1.54, 1.807) is 0 Å². The van der Waals surface area contributed by atoms with E-state index in [2.05, 4.69) is 81.6 Å². The standard InChI is InChI=1S/C31H60O4Si2/c1-28(2,3)36(9,10)34-20-17-22-21-23(35-37(11,12)29(4,5)6)15-18-30(22,7)25-16-19-31(8)24(27(25)33)13-14-26(31)32/h22-25,27,33H,13-21H2,1-12H3/t22-,23-,24?,25?,27-,30-,31-/m0/s1. The summed E-state index contributed by atoms with van der Waals surface area (Å²) in [7, 11) is -3.67. The number of fused-ring (bicyclic) bond motifs is 1. The molecule has 2 unspecified atom stereocenters. The highest BCUT2D eigenvalue weighted by Gasteiger charge is 2.58. The first-order valence-corrected chi connectivity index (χ1v) is 21.0. The van der Waals surface area contributed by atoms with Crippen LogP contribution >= 0.6 is 0 Å². The van der Waals surface area contributed by atoms with Gasteiger partial charge in [-0.25, -0.2) is 0 Å². The maximum atomic E-state index is 12.7. The van der Waals surface area contributed by atoms with E-state index >= 15 is 0 Å². The zero-order chi connectivity index (χ0) is 28.2. The molecule has 0 radical (unpaired) electrons. The Morgan fingerprint density at radius 1 is 0.892 bits per heavy atom. The lowest BCUT2D eigenvalue weighted by atomic mass is 9.51. The molecule has 7 atom stereocenters. The lowest BCUT2D eigenvalue weighted by Crippen LogP contribution is -2.55. The minimum Gasteiger partial charge on any atom is -0.417 e. The average molecular weight is 553 g/mol. The van der Waals surface area contributed by atoms with Gasteiger partial charge in [-0.2, -0.15) is 0 Å². The van der Waals surface area contributed by atoms with Gasteiger partial charge in [0.15, 0.2) is 16.6 Å². The number of aliphatic hydroxyl groups is 1. The van der Waals surface area contributed by atoms with Gasteiger partial charge in [0.2, 0.25) is 0 Å². The van der Waals surface area contributed by atoms with Crippen LogP contribution in [0.5, 0.6) is 0 Å². The third-order valence-electron chi connectivity index (χ3n) is 12.3. The molecule has 3 fully saturated rings. The number of hydrogen-bond donors (Lipinski definition) is 1. The van der Waals surface area contributed by atoms with E-state index in [0.717, 1.165) is 51.6 Å². The quantitative estimate of drug-likeness (QED) is 0.322. The van der Waals surface area contributed by atoms with Crippen LogP contribution in [0.2, 0.25) is 36.3 Å². The van der Waals surface area contributed by atoms with Crippen LogP contribution in [0.15, 0.2) is 0 Å². The molecule has 0 aromatic rings. The molecular formula is C31H60O4Si2. The van der Waals surface area contributed by atoms with Crippen LogP contribution < -0.4 is 0 Å². The highest BCUT2D eigenvalue weighted by molar-refractivity contribution is 6.74. The van der Waals surface area contributed by atoms with Gasteiger partial charge in [0.1, 0.15) is 5.78 Å². The van der Waals surface area contributed by atoms with E-state index in [1.165, 1.54) is 0 Å². The van der Waals surface area contributed by atoms with E-state index in [0.29, 0.717) is 24.2 Å². The van der Waals surface area contributed by atoms with Crippen molar-refractivity contribution in [2.75, 3.05) is 6.61 Å². The van der Waals surface area contributed by atoms with Crippen LogP contribution in [0.4, 0.5) is 0 Å². The molecular weight excluding hydrogens is 493 g/mol. The van der Waals surface area contributed by atoms with E-state index < -0.39 is 16.6 Å². The first-order chi connectivity index (χ1) is 16.7. The summed E-state index contributed by atoms with van der Waals surface area (Å²) in [6.07, 6.45) is 7.59. The molecule has 0 aromatic carbocycles. The van der Waals surface area contributed by atoms with Crippen molar-refractivity contribution >= 4 is 22.4 Å². The summed E-state index contributed by atoms with van der Waals surface area (Å²) < 4.78 is 13.7. The number of aliphatic hydroxyl groups excluding tert-OH is 1. The molecule has 3 saturated carbocycles. The molecule has 0 aromatic heterocycles. The number of ketones is 1. The van der Waals surface area contributed by atoms with E-state index in [4.69, 9.17) is 8.85 Å². The number of hydrogen-bond acceptors (Lipinski definition) is 4. The summed E-state index contributed by atoms with van der Waals surface area (Å²) in [5, 5.41) is 12.2. The minimum atomic E-state index is -1.85. The minimum absolute atomic E-state index is 0.0520.